The van der Waals surface area contributed by atoms with Crippen LogP contribution in [0.2, 0.25) is 0 Å². The molecule has 1 N–H and O–H groups in total. The molecule has 48 valence electrons. The zero-order chi connectivity index (χ0) is 7.15. The van der Waals surface area contributed by atoms with Crippen LogP contribution in [-0.2, 0) is 26.4 Å². The molecule has 0 aliphatic heterocycles. The second kappa shape index (κ2) is 11.4. The molecule has 0 unspecified atom stereocenters. The second-order valence-electron chi connectivity index (χ2n) is 0.516. The van der Waals surface area contributed by atoms with Crippen LogP contribution in [0.4, 0.5) is 0 Å². The molecule has 0 saturated heterocycles. The normalized spacial score (nSPS) is 5.56. The summed E-state index contributed by atoms with van der Waals surface area (Å²) in [5, 5.41) is 0. The van der Waals surface area contributed by atoms with Gasteiger partial charge in [0.25, 0.3) is 0 Å². The Kier molecular flexibility index (Phi) is 20.6. The van der Waals surface area contributed by atoms with Crippen molar-refractivity contribution in [3.05, 3.63) is 0 Å². The van der Waals surface area contributed by atoms with Gasteiger partial charge in [0.2, 0.25) is 0 Å². The monoisotopic (exact) mass is 200 g/mol. The average molecular weight is 200 g/mol. The summed E-state index contributed by atoms with van der Waals surface area (Å²) in [6.07, 6.45) is 0. The predicted octanol–water partition coefficient (Wildman–Crippen LogP) is -5.13. The second-order valence-corrected chi connectivity index (χ2v) is 1.83. The Bertz CT molecular complexity index is 71.1. The molecule has 0 aliphatic carbocycles. The Morgan fingerprint density at radius 2 is 1.44 bits per heavy atom. The van der Waals surface area contributed by atoms with E-state index in [4.69, 9.17) is 24.8 Å². The van der Waals surface area contributed by atoms with E-state index in [1.165, 1.54) is 0 Å². The molecular weight excluding hydrogens is 199 g/mol. The fourth-order valence-electron chi connectivity index (χ4n) is 0. The van der Waals surface area contributed by atoms with E-state index in [9.17, 15) is 0 Å². The topological polar surface area (TPSA) is 124 Å². The van der Waals surface area contributed by atoms with Gasteiger partial charge in [-0.3, -0.25) is 0 Å². The van der Waals surface area contributed by atoms with Gasteiger partial charge in [-0.25, -0.2) is 0 Å². The van der Waals surface area contributed by atoms with Crippen LogP contribution in [0.5, 0.6) is 0 Å². The van der Waals surface area contributed by atoms with Gasteiger partial charge in [-0.1, -0.05) is 0 Å². The van der Waals surface area contributed by atoms with E-state index < -0.39 is 27.8 Å². The molecule has 0 atom stereocenters. The number of hydrogen-bond donors (Lipinski definition) is 1. The fraction of sp³-hybridized carbons (Fsp3) is 0. The molecule has 0 saturated carbocycles. The van der Waals surface area contributed by atoms with Gasteiger partial charge < -0.3 is 14.1 Å². The quantitative estimate of drug-likeness (QED) is 0.390. The maximum absolute atomic E-state index is 8.63. The molecule has 0 aromatic carbocycles. The van der Waals surface area contributed by atoms with Crippen LogP contribution in [0, 0.1) is 0 Å². The molecule has 0 aliphatic rings. The third-order valence-corrected chi connectivity index (χ3v) is 0. The molecule has 0 rings (SSSR count). The Morgan fingerprint density at radius 3 is 1.44 bits per heavy atom. The molecule has 0 heterocycles. The molecule has 0 bridgehead atoms. The van der Waals surface area contributed by atoms with Crippen LogP contribution >= 0.6 is 0 Å². The van der Waals surface area contributed by atoms with E-state index >= 15 is 0 Å². The summed E-state index contributed by atoms with van der Waals surface area (Å²) >= 11 is -4.08. The molecule has 0 aromatic rings. The van der Waals surface area contributed by atoms with E-state index in [1.807, 2.05) is 0 Å². The van der Waals surface area contributed by atoms with E-state index in [2.05, 4.69) is 0 Å². The third-order valence-electron chi connectivity index (χ3n) is 0. The van der Waals surface area contributed by atoms with Crippen molar-refractivity contribution in [3.8, 4) is 0 Å². The van der Waals surface area contributed by atoms with Crippen LogP contribution in [0.25, 0.3) is 0 Å². The first-order valence-electron chi connectivity index (χ1n) is 1.24. The maximum atomic E-state index is 8.63. The zero-order valence-corrected chi connectivity index (χ0v) is 7.78. The fourth-order valence-corrected chi connectivity index (χ4v) is 0. The van der Waals surface area contributed by atoms with Crippen molar-refractivity contribution in [2.24, 2.45) is 0 Å². The standard InChI is InChI=1S/Al.HO3Si.3O.Ti/c;1-4(2)3;;;;/h;1H;;;;/q+3;-1;;2*-1;. The van der Waals surface area contributed by atoms with Crippen LogP contribution in [0.1, 0.15) is 0 Å². The van der Waals surface area contributed by atoms with E-state index in [-0.39, 0.29) is 17.4 Å². The SMILES string of the molecule is O=[Si]([O-])O.[Al+3].[O]=[Ti]([O-])[O-]. The summed E-state index contributed by atoms with van der Waals surface area (Å²) in [6.45, 7) is 0. The van der Waals surface area contributed by atoms with Crippen molar-refractivity contribution in [1.29, 1.82) is 0 Å². The van der Waals surface area contributed by atoms with Gasteiger partial charge in [-0.2, -0.15) is 0 Å². The summed E-state index contributed by atoms with van der Waals surface area (Å²) < 4.78 is 34.4. The summed E-state index contributed by atoms with van der Waals surface area (Å²) in [5.41, 5.74) is 0. The molecule has 0 amide bonds. The molecule has 9 heavy (non-hydrogen) atoms. The summed E-state index contributed by atoms with van der Waals surface area (Å²) in [7, 11) is -3.38. The summed E-state index contributed by atoms with van der Waals surface area (Å²) in [4.78, 5) is 15.7. The average Bonchev–Trinajstić information content (AvgIpc) is 1.25. The van der Waals surface area contributed by atoms with Gasteiger partial charge in [0.05, 0.1) is 0 Å². The first-order valence-corrected chi connectivity index (χ1v) is 4.42. The first-order chi connectivity index (χ1) is 3.46. The van der Waals surface area contributed by atoms with Gasteiger partial charge in [-0.05, 0) is 0 Å². The van der Waals surface area contributed by atoms with Gasteiger partial charge in [0, 0.05) is 0 Å². The minimum atomic E-state index is -4.08. The Hall–Kier alpha value is 0.584. The molecule has 0 radical (unpaired) electrons. The minimum absolute atomic E-state index is 0. The van der Waals surface area contributed by atoms with Gasteiger partial charge in [-0.15, -0.1) is 0 Å². The van der Waals surface area contributed by atoms with Crippen molar-refractivity contribution in [3.63, 3.8) is 0 Å². The van der Waals surface area contributed by atoms with Crippen LogP contribution in [-0.4, -0.2) is 31.3 Å². The van der Waals surface area contributed by atoms with E-state index in [0.717, 1.165) is 0 Å². The van der Waals surface area contributed by atoms with Crippen LogP contribution in [0.3, 0.4) is 0 Å². The Labute approximate surface area is 69.9 Å². The van der Waals surface area contributed by atoms with Crippen molar-refractivity contribution in [1.82, 2.24) is 0 Å². The molecule has 0 aromatic heterocycles. The Morgan fingerprint density at radius 1 is 1.44 bits per heavy atom. The summed E-state index contributed by atoms with van der Waals surface area (Å²) in [6, 6.07) is 0. The molecule has 0 spiro atoms. The molecule has 0 fully saturated rings. The van der Waals surface area contributed by atoms with Crippen LogP contribution in [0.15, 0.2) is 0 Å². The predicted molar refractivity (Wildman–Crippen MR) is 15.1 cm³/mol. The molecular formula is HAlO6SiTi. The van der Waals surface area contributed by atoms with Crippen molar-refractivity contribution in [2.75, 3.05) is 0 Å². The molecule has 9 heteroatoms. The number of rotatable bonds is 0. The van der Waals surface area contributed by atoms with E-state index in [0.29, 0.717) is 0 Å². The molecule has 6 nitrogen and oxygen atoms in total. The third kappa shape index (κ3) is 1090. The van der Waals surface area contributed by atoms with E-state index in [1.54, 1.807) is 0 Å². The van der Waals surface area contributed by atoms with Crippen molar-refractivity contribution < 1.29 is 43.4 Å². The first kappa shape index (κ1) is 16.3. The summed E-state index contributed by atoms with van der Waals surface area (Å²) in [5.74, 6) is 0. The van der Waals surface area contributed by atoms with Crippen molar-refractivity contribution >= 4 is 26.5 Å². The van der Waals surface area contributed by atoms with Gasteiger partial charge in [0.1, 0.15) is 0 Å². The van der Waals surface area contributed by atoms with Gasteiger partial charge in [0.15, 0.2) is 0 Å². The van der Waals surface area contributed by atoms with Crippen LogP contribution < -0.4 is 12.2 Å². The zero-order valence-electron chi connectivity index (χ0n) is 4.07. The van der Waals surface area contributed by atoms with Gasteiger partial charge >= 0.3 is 55.8 Å². The Balaban J connectivity index is -0.0000000720. The van der Waals surface area contributed by atoms with Crippen molar-refractivity contribution in [2.45, 2.75) is 0 Å². The number of hydrogen-bond acceptors (Lipinski definition) is 5.